The maximum Gasteiger partial charge on any atom is 0.261 e. The molecule has 3 aromatic rings. The van der Waals surface area contributed by atoms with E-state index in [1.807, 2.05) is 19.1 Å². The van der Waals surface area contributed by atoms with Gasteiger partial charge < -0.3 is 32.3 Å². The highest BCUT2D eigenvalue weighted by Crippen LogP contribution is 2.21. The van der Waals surface area contributed by atoms with Crippen molar-refractivity contribution in [2.75, 3.05) is 29.5 Å². The lowest BCUT2D eigenvalue weighted by Crippen LogP contribution is -2.40. The van der Waals surface area contributed by atoms with Crippen molar-refractivity contribution in [3.8, 4) is 0 Å². The van der Waals surface area contributed by atoms with Crippen molar-refractivity contribution in [2.24, 2.45) is 5.73 Å². The first-order valence-corrected chi connectivity index (χ1v) is 11.9. The lowest BCUT2D eigenvalue weighted by atomic mass is 10.1. The second kappa shape index (κ2) is 13.0. The Bertz CT molecular complexity index is 1250. The smallest absolute Gasteiger partial charge is 0.261 e. The predicted molar refractivity (Wildman–Crippen MR) is 144 cm³/mol. The van der Waals surface area contributed by atoms with Crippen LogP contribution in [0.3, 0.4) is 0 Å². The summed E-state index contributed by atoms with van der Waals surface area (Å²) in [6.07, 6.45) is 2.27. The first kappa shape index (κ1) is 27.1. The minimum Gasteiger partial charge on any atom is -0.369 e. The molecule has 3 amide bonds. The molecule has 1 atom stereocenters. The number of para-hydroxylation sites is 1. The van der Waals surface area contributed by atoms with Crippen LogP contribution >= 0.6 is 0 Å². The maximum absolute atomic E-state index is 13.2. The van der Waals surface area contributed by atoms with Gasteiger partial charge in [-0.25, -0.2) is 4.98 Å². The van der Waals surface area contributed by atoms with Crippen molar-refractivity contribution in [3.63, 3.8) is 0 Å². The number of nitrogens with two attached hydrogens (primary N) is 1. The molecular formula is C26H32N8O3. The molecule has 0 saturated carbocycles. The molecule has 7 N–H and O–H groups in total. The summed E-state index contributed by atoms with van der Waals surface area (Å²) in [5.41, 5.74) is 7.94. The topological polar surface area (TPSA) is 163 Å². The average Bonchev–Trinajstić information content (AvgIpc) is 2.91. The van der Waals surface area contributed by atoms with Gasteiger partial charge in [0.2, 0.25) is 17.8 Å². The predicted octanol–water partition coefficient (Wildman–Crippen LogP) is 2.62. The molecule has 0 aliphatic rings. The molecule has 0 aliphatic heterocycles. The summed E-state index contributed by atoms with van der Waals surface area (Å²) < 4.78 is 0. The molecule has 1 aromatic heterocycles. The summed E-state index contributed by atoms with van der Waals surface area (Å²) in [4.78, 5) is 45.4. The summed E-state index contributed by atoms with van der Waals surface area (Å²) >= 11 is 0. The average molecular weight is 505 g/mol. The molecule has 2 aromatic carbocycles. The largest absolute Gasteiger partial charge is 0.369 e. The fraction of sp³-hybridized carbons (Fsp3) is 0.269. The SMILES string of the molecule is CCCNc1nc(Nc2ccc(C(N)=O)cc2)ncc1C(=O)Nc1ccccc1CNC(=O)[C@H](C)NC. The normalized spacial score (nSPS) is 11.3. The number of likely N-dealkylation sites (N-methyl/N-ethyl adjacent to an activating group) is 1. The van der Waals surface area contributed by atoms with Crippen molar-refractivity contribution < 1.29 is 14.4 Å². The van der Waals surface area contributed by atoms with Gasteiger partial charge in [-0.1, -0.05) is 25.1 Å². The van der Waals surface area contributed by atoms with Crippen LogP contribution in [-0.2, 0) is 11.3 Å². The fourth-order valence-electron chi connectivity index (χ4n) is 3.29. The van der Waals surface area contributed by atoms with Crippen molar-refractivity contribution in [1.29, 1.82) is 0 Å². The van der Waals surface area contributed by atoms with Gasteiger partial charge in [-0.15, -0.1) is 0 Å². The minimum atomic E-state index is -0.513. The molecule has 1 heterocycles. The van der Waals surface area contributed by atoms with Crippen LogP contribution in [0.15, 0.2) is 54.7 Å². The maximum atomic E-state index is 13.2. The lowest BCUT2D eigenvalue weighted by Gasteiger charge is -2.16. The third-order valence-electron chi connectivity index (χ3n) is 5.55. The van der Waals surface area contributed by atoms with Gasteiger partial charge in [0.1, 0.15) is 11.4 Å². The Morgan fingerprint density at radius 2 is 1.78 bits per heavy atom. The Labute approximate surface area is 215 Å². The van der Waals surface area contributed by atoms with Crippen LogP contribution in [0.2, 0.25) is 0 Å². The molecular weight excluding hydrogens is 472 g/mol. The van der Waals surface area contributed by atoms with Gasteiger partial charge in [-0.3, -0.25) is 14.4 Å². The monoisotopic (exact) mass is 504 g/mol. The van der Waals surface area contributed by atoms with Crippen LogP contribution in [0, 0.1) is 0 Å². The van der Waals surface area contributed by atoms with Crippen molar-refractivity contribution >= 4 is 40.9 Å². The second-order valence-corrected chi connectivity index (χ2v) is 8.29. The van der Waals surface area contributed by atoms with Crippen molar-refractivity contribution in [2.45, 2.75) is 32.9 Å². The van der Waals surface area contributed by atoms with Crippen LogP contribution in [-0.4, -0.2) is 47.3 Å². The van der Waals surface area contributed by atoms with E-state index in [4.69, 9.17) is 5.73 Å². The Morgan fingerprint density at radius 3 is 2.46 bits per heavy atom. The molecule has 0 saturated heterocycles. The Morgan fingerprint density at radius 1 is 1.05 bits per heavy atom. The van der Waals surface area contributed by atoms with Crippen molar-refractivity contribution in [3.05, 3.63) is 71.4 Å². The third kappa shape index (κ3) is 7.48. The van der Waals surface area contributed by atoms with Crippen molar-refractivity contribution in [1.82, 2.24) is 20.6 Å². The zero-order valence-electron chi connectivity index (χ0n) is 21.1. The molecule has 0 aliphatic carbocycles. The number of nitrogens with zero attached hydrogens (tertiary/aromatic N) is 2. The van der Waals surface area contributed by atoms with Crippen LogP contribution in [0.1, 0.15) is 46.5 Å². The van der Waals surface area contributed by atoms with E-state index in [0.717, 1.165) is 12.0 Å². The van der Waals surface area contributed by atoms with Crippen LogP contribution in [0.25, 0.3) is 0 Å². The Balaban J connectivity index is 1.78. The summed E-state index contributed by atoms with van der Waals surface area (Å²) in [5, 5.41) is 14.9. The molecule has 11 heteroatoms. The van der Waals surface area contributed by atoms with Gasteiger partial charge in [0, 0.05) is 36.2 Å². The second-order valence-electron chi connectivity index (χ2n) is 8.29. The number of aromatic nitrogens is 2. The molecule has 0 bridgehead atoms. The molecule has 37 heavy (non-hydrogen) atoms. The van der Waals surface area contributed by atoms with Gasteiger partial charge in [-0.2, -0.15) is 4.98 Å². The quantitative estimate of drug-likeness (QED) is 0.219. The number of hydrogen-bond acceptors (Lipinski definition) is 8. The Kier molecular flexibility index (Phi) is 9.50. The zero-order chi connectivity index (χ0) is 26.8. The number of nitrogens with one attached hydrogen (secondary N) is 5. The number of rotatable bonds is 12. The van der Waals surface area contributed by atoms with E-state index in [-0.39, 0.29) is 30.0 Å². The lowest BCUT2D eigenvalue weighted by molar-refractivity contribution is -0.122. The van der Waals surface area contributed by atoms with Gasteiger partial charge in [0.05, 0.1) is 6.04 Å². The van der Waals surface area contributed by atoms with Gasteiger partial charge >= 0.3 is 0 Å². The first-order chi connectivity index (χ1) is 17.8. The molecule has 0 spiro atoms. The highest BCUT2D eigenvalue weighted by Gasteiger charge is 2.17. The molecule has 0 radical (unpaired) electrons. The molecule has 0 fully saturated rings. The van der Waals surface area contributed by atoms with Crippen LogP contribution in [0.5, 0.6) is 0 Å². The summed E-state index contributed by atoms with van der Waals surface area (Å²) in [5.74, 6) is -0.391. The van der Waals surface area contributed by atoms with E-state index in [1.54, 1.807) is 50.4 Å². The van der Waals surface area contributed by atoms with E-state index in [0.29, 0.717) is 29.3 Å². The van der Waals surface area contributed by atoms with Crippen LogP contribution in [0.4, 0.5) is 23.1 Å². The van der Waals surface area contributed by atoms with Gasteiger partial charge in [-0.05, 0) is 56.3 Å². The minimum absolute atomic E-state index is 0.143. The van der Waals surface area contributed by atoms with Gasteiger partial charge in [0.25, 0.3) is 5.91 Å². The molecule has 11 nitrogen and oxygen atoms in total. The zero-order valence-corrected chi connectivity index (χ0v) is 21.1. The summed E-state index contributed by atoms with van der Waals surface area (Å²) in [6, 6.07) is 13.5. The first-order valence-electron chi connectivity index (χ1n) is 11.9. The number of benzene rings is 2. The number of hydrogen-bond donors (Lipinski definition) is 6. The molecule has 194 valence electrons. The Hall–Kier alpha value is -4.51. The van der Waals surface area contributed by atoms with E-state index in [9.17, 15) is 14.4 Å². The molecule has 3 rings (SSSR count). The highest BCUT2D eigenvalue weighted by atomic mass is 16.2. The molecule has 0 unspecified atom stereocenters. The third-order valence-corrected chi connectivity index (χ3v) is 5.55. The number of carbonyl (C=O) groups excluding carboxylic acids is 3. The van der Waals surface area contributed by atoms with Crippen LogP contribution < -0.4 is 32.3 Å². The number of anilines is 4. The summed E-state index contributed by atoms with van der Waals surface area (Å²) in [7, 11) is 1.71. The van der Waals surface area contributed by atoms with Gasteiger partial charge in [0.15, 0.2) is 0 Å². The fourth-order valence-corrected chi connectivity index (χ4v) is 3.29. The number of primary amides is 1. The number of carbonyl (C=O) groups is 3. The van der Waals surface area contributed by atoms with E-state index in [2.05, 4.69) is 36.6 Å². The van der Waals surface area contributed by atoms with E-state index < -0.39 is 11.8 Å². The standard InChI is InChI=1S/C26H32N8O3/c1-4-13-29-23-20(15-31-26(34-23)32-19-11-9-17(10-12-19)22(27)35)25(37)33-21-8-6-5-7-18(21)14-30-24(36)16(2)28-3/h5-12,15-16,28H,4,13-14H2,1-3H3,(H2,27,35)(H,30,36)(H,33,37)(H2,29,31,32,34)/t16-/m0/s1. The summed E-state index contributed by atoms with van der Waals surface area (Å²) in [6.45, 7) is 4.64. The highest BCUT2D eigenvalue weighted by molar-refractivity contribution is 6.07. The van der Waals surface area contributed by atoms with E-state index >= 15 is 0 Å². The number of amides is 3. The van der Waals surface area contributed by atoms with E-state index in [1.165, 1.54) is 6.20 Å².